The van der Waals surface area contributed by atoms with E-state index in [0.29, 0.717) is 0 Å². The zero-order valence-corrected chi connectivity index (χ0v) is 11.6. The number of rotatable bonds is 2. The minimum atomic E-state index is -0.170. The highest BCUT2D eigenvalue weighted by molar-refractivity contribution is 9.10. The first-order valence-electron chi connectivity index (χ1n) is 6.16. The van der Waals surface area contributed by atoms with Gasteiger partial charge in [0.1, 0.15) is 0 Å². The number of hydrogen-bond acceptors (Lipinski definition) is 3. The van der Waals surface area contributed by atoms with Crippen molar-refractivity contribution in [2.45, 2.75) is 19.1 Å². The van der Waals surface area contributed by atoms with Crippen molar-refractivity contribution in [2.75, 3.05) is 13.1 Å². The molecule has 94 valence electrons. The van der Waals surface area contributed by atoms with Gasteiger partial charge < -0.3 is 5.11 Å². The molecule has 2 heterocycles. The Morgan fingerprint density at radius 2 is 2.33 bits per heavy atom. The maximum Gasteiger partial charge on any atom is 0.0747 e. The third-order valence-electron chi connectivity index (χ3n) is 3.39. The molecule has 1 saturated heterocycles. The Balaban J connectivity index is 1.95. The first-order chi connectivity index (χ1) is 8.72. The Bertz CT molecular complexity index is 573. The SMILES string of the molecule is O[C@H]1CCN(Cc2cc(Br)cc3cccnc23)C1. The van der Waals surface area contributed by atoms with E-state index in [9.17, 15) is 5.11 Å². The van der Waals surface area contributed by atoms with Crippen LogP contribution in [0.4, 0.5) is 0 Å². The topological polar surface area (TPSA) is 36.4 Å². The lowest BCUT2D eigenvalue weighted by atomic mass is 10.1. The minimum Gasteiger partial charge on any atom is -0.392 e. The number of aliphatic hydroxyl groups is 1. The fraction of sp³-hybridized carbons (Fsp3) is 0.357. The van der Waals surface area contributed by atoms with E-state index in [0.717, 1.165) is 41.4 Å². The van der Waals surface area contributed by atoms with Crippen molar-refractivity contribution in [3.8, 4) is 0 Å². The van der Waals surface area contributed by atoms with Gasteiger partial charge in [0.05, 0.1) is 11.6 Å². The molecule has 1 fully saturated rings. The Kier molecular flexibility index (Phi) is 3.33. The van der Waals surface area contributed by atoms with Crippen LogP contribution in [0.1, 0.15) is 12.0 Å². The molecule has 3 rings (SSSR count). The van der Waals surface area contributed by atoms with E-state index in [1.165, 1.54) is 5.56 Å². The van der Waals surface area contributed by atoms with Crippen LogP contribution in [-0.2, 0) is 6.54 Å². The molecule has 2 aromatic rings. The van der Waals surface area contributed by atoms with Gasteiger partial charge >= 0.3 is 0 Å². The summed E-state index contributed by atoms with van der Waals surface area (Å²) in [4.78, 5) is 6.75. The molecule has 1 N–H and O–H groups in total. The lowest BCUT2D eigenvalue weighted by Crippen LogP contribution is -2.21. The predicted molar refractivity (Wildman–Crippen MR) is 75.3 cm³/mol. The molecule has 1 aliphatic heterocycles. The molecule has 3 nitrogen and oxygen atoms in total. The van der Waals surface area contributed by atoms with Gasteiger partial charge in [-0.2, -0.15) is 0 Å². The van der Waals surface area contributed by atoms with Gasteiger partial charge in [-0.05, 0) is 30.2 Å². The molecule has 18 heavy (non-hydrogen) atoms. The number of fused-ring (bicyclic) bond motifs is 1. The molecular formula is C14H15BrN2O. The third kappa shape index (κ3) is 2.41. The molecule has 0 bridgehead atoms. The largest absolute Gasteiger partial charge is 0.392 e. The molecule has 0 radical (unpaired) electrons. The summed E-state index contributed by atoms with van der Waals surface area (Å²) in [6, 6.07) is 8.25. The molecule has 0 saturated carbocycles. The number of pyridine rings is 1. The summed E-state index contributed by atoms with van der Waals surface area (Å²) in [5.41, 5.74) is 2.27. The second-order valence-electron chi connectivity index (χ2n) is 4.82. The van der Waals surface area contributed by atoms with E-state index in [1.54, 1.807) is 0 Å². The fourth-order valence-electron chi connectivity index (χ4n) is 2.54. The van der Waals surface area contributed by atoms with E-state index in [-0.39, 0.29) is 6.10 Å². The molecule has 1 aromatic heterocycles. The zero-order chi connectivity index (χ0) is 12.5. The van der Waals surface area contributed by atoms with Crippen molar-refractivity contribution in [1.82, 2.24) is 9.88 Å². The highest BCUT2D eigenvalue weighted by Crippen LogP contribution is 2.24. The second-order valence-corrected chi connectivity index (χ2v) is 5.73. The number of halogens is 1. The number of nitrogens with zero attached hydrogens (tertiary/aromatic N) is 2. The highest BCUT2D eigenvalue weighted by Gasteiger charge is 2.20. The van der Waals surface area contributed by atoms with Gasteiger partial charge in [0, 0.05) is 35.7 Å². The molecule has 4 heteroatoms. The summed E-state index contributed by atoms with van der Waals surface area (Å²) in [6.07, 6.45) is 2.54. The fourth-order valence-corrected chi connectivity index (χ4v) is 3.07. The van der Waals surface area contributed by atoms with Crippen LogP contribution in [0.3, 0.4) is 0 Å². The molecular weight excluding hydrogens is 292 g/mol. The number of aliphatic hydroxyl groups excluding tert-OH is 1. The van der Waals surface area contributed by atoms with Crippen molar-refractivity contribution >= 4 is 26.8 Å². The maximum absolute atomic E-state index is 9.58. The Labute approximate surface area is 115 Å². The number of benzene rings is 1. The van der Waals surface area contributed by atoms with Gasteiger partial charge in [-0.1, -0.05) is 22.0 Å². The van der Waals surface area contributed by atoms with Gasteiger partial charge in [0.25, 0.3) is 0 Å². The second kappa shape index (κ2) is 4.96. The number of hydrogen-bond donors (Lipinski definition) is 1. The van der Waals surface area contributed by atoms with Crippen molar-refractivity contribution in [3.63, 3.8) is 0 Å². The van der Waals surface area contributed by atoms with Crippen molar-refractivity contribution in [1.29, 1.82) is 0 Å². The quantitative estimate of drug-likeness (QED) is 0.926. The molecule has 0 aliphatic carbocycles. The van der Waals surface area contributed by atoms with E-state index in [1.807, 2.05) is 12.3 Å². The standard InChI is InChI=1S/C14H15BrN2O/c15-12-6-10-2-1-4-16-14(10)11(7-12)8-17-5-3-13(18)9-17/h1-2,4,6-7,13,18H,3,5,8-9H2/t13-/m0/s1. The summed E-state index contributed by atoms with van der Waals surface area (Å²) >= 11 is 3.55. The zero-order valence-electron chi connectivity index (χ0n) is 10.0. The van der Waals surface area contributed by atoms with Gasteiger partial charge in [0.15, 0.2) is 0 Å². The molecule has 0 unspecified atom stereocenters. The van der Waals surface area contributed by atoms with Gasteiger partial charge in [-0.15, -0.1) is 0 Å². The summed E-state index contributed by atoms with van der Waals surface area (Å²) in [7, 11) is 0. The minimum absolute atomic E-state index is 0.170. The lowest BCUT2D eigenvalue weighted by molar-refractivity contribution is 0.175. The van der Waals surface area contributed by atoms with Crippen LogP contribution in [0.25, 0.3) is 10.9 Å². The summed E-state index contributed by atoms with van der Waals surface area (Å²) in [5, 5.41) is 10.7. The number of likely N-dealkylation sites (tertiary alicyclic amines) is 1. The monoisotopic (exact) mass is 306 g/mol. The van der Waals surface area contributed by atoms with E-state index < -0.39 is 0 Å². The van der Waals surface area contributed by atoms with Gasteiger partial charge in [-0.25, -0.2) is 0 Å². The third-order valence-corrected chi connectivity index (χ3v) is 3.85. The molecule has 0 spiro atoms. The molecule has 0 amide bonds. The van der Waals surface area contributed by atoms with E-state index >= 15 is 0 Å². The van der Waals surface area contributed by atoms with Gasteiger partial charge in [-0.3, -0.25) is 9.88 Å². The van der Waals surface area contributed by atoms with Crippen molar-refractivity contribution in [2.24, 2.45) is 0 Å². The molecule has 1 aromatic carbocycles. The smallest absolute Gasteiger partial charge is 0.0747 e. The summed E-state index contributed by atoms with van der Waals surface area (Å²) < 4.78 is 1.08. The van der Waals surface area contributed by atoms with E-state index in [2.05, 4.69) is 44.0 Å². The average molecular weight is 307 g/mol. The van der Waals surface area contributed by atoms with Crippen LogP contribution >= 0.6 is 15.9 Å². The number of aromatic nitrogens is 1. The van der Waals surface area contributed by atoms with Crippen LogP contribution < -0.4 is 0 Å². The van der Waals surface area contributed by atoms with Crippen LogP contribution in [-0.4, -0.2) is 34.2 Å². The maximum atomic E-state index is 9.58. The summed E-state index contributed by atoms with van der Waals surface area (Å²) in [6.45, 7) is 2.58. The lowest BCUT2D eigenvalue weighted by Gasteiger charge is -2.16. The average Bonchev–Trinajstić information content (AvgIpc) is 2.74. The Hall–Kier alpha value is -0.970. The normalized spacial score (nSPS) is 20.7. The van der Waals surface area contributed by atoms with Crippen LogP contribution in [0.2, 0.25) is 0 Å². The molecule has 1 atom stereocenters. The number of β-amino-alcohol motifs (C(OH)–C–C–N with tert-alkyl or cyclic N) is 1. The van der Waals surface area contributed by atoms with Crippen LogP contribution in [0.15, 0.2) is 34.9 Å². The first-order valence-corrected chi connectivity index (χ1v) is 6.95. The van der Waals surface area contributed by atoms with Crippen molar-refractivity contribution in [3.05, 3.63) is 40.5 Å². The molecule has 1 aliphatic rings. The van der Waals surface area contributed by atoms with E-state index in [4.69, 9.17) is 0 Å². The van der Waals surface area contributed by atoms with Gasteiger partial charge in [0.2, 0.25) is 0 Å². The van der Waals surface area contributed by atoms with Crippen LogP contribution in [0, 0.1) is 0 Å². The predicted octanol–water partition coefficient (Wildman–Crippen LogP) is 2.56. The first kappa shape index (κ1) is 12.1. The van der Waals surface area contributed by atoms with Crippen molar-refractivity contribution < 1.29 is 5.11 Å². The summed E-state index contributed by atoms with van der Waals surface area (Å²) in [5.74, 6) is 0. The highest BCUT2D eigenvalue weighted by atomic mass is 79.9. The Morgan fingerprint density at radius 1 is 1.44 bits per heavy atom. The van der Waals surface area contributed by atoms with Crippen LogP contribution in [0.5, 0.6) is 0 Å². The Morgan fingerprint density at radius 3 is 3.11 bits per heavy atom.